The number of fused-ring (bicyclic) bond motifs is 6. The third-order valence-electron chi connectivity index (χ3n) is 7.62. The number of carboxylic acids is 1. The summed E-state index contributed by atoms with van der Waals surface area (Å²) < 4.78 is 42.5. The lowest BCUT2D eigenvalue weighted by Gasteiger charge is -2.36. The Bertz CT molecular complexity index is 1510. The summed E-state index contributed by atoms with van der Waals surface area (Å²) in [6.07, 6.45) is -2.53. The number of aromatic nitrogens is 2. The van der Waals surface area contributed by atoms with E-state index in [4.69, 9.17) is 5.11 Å². The second-order valence-electron chi connectivity index (χ2n) is 11.0. The van der Waals surface area contributed by atoms with E-state index in [0.29, 0.717) is 57.1 Å². The van der Waals surface area contributed by atoms with Crippen LogP contribution in [-0.2, 0) is 16.8 Å². The summed E-state index contributed by atoms with van der Waals surface area (Å²) in [5, 5.41) is 55.1. The van der Waals surface area contributed by atoms with Gasteiger partial charge in [0.15, 0.2) is 0 Å². The van der Waals surface area contributed by atoms with Gasteiger partial charge >= 0.3 is 12.1 Å². The number of nitrogens with zero attached hydrogens (tertiary/aromatic N) is 3. The maximum absolute atomic E-state index is 14.2. The Kier molecular flexibility index (Phi) is 10.4. The van der Waals surface area contributed by atoms with Gasteiger partial charge in [-0.15, -0.1) is 0 Å². The summed E-state index contributed by atoms with van der Waals surface area (Å²) >= 11 is 0. The van der Waals surface area contributed by atoms with E-state index in [1.807, 2.05) is 4.90 Å². The number of alkyl halides is 3. The topological polar surface area (TPSA) is 176 Å². The summed E-state index contributed by atoms with van der Waals surface area (Å²) in [6, 6.07) is 11.1. The van der Waals surface area contributed by atoms with Gasteiger partial charge in [-0.25, -0.2) is 9.97 Å². The van der Waals surface area contributed by atoms with Crippen molar-refractivity contribution in [3.05, 3.63) is 71.4 Å². The maximum atomic E-state index is 14.2. The fourth-order valence-electron chi connectivity index (χ4n) is 5.22. The lowest BCUT2D eigenvalue weighted by Crippen LogP contribution is -2.52. The SMILES string of the molecule is O=C(O)CCCN1CCCCCCCC(O)(O)C(O)(O)c2ccccc2-c2nc(ccc2C(F)(F)F)NC(=O)c2cccc1n2. The standard InChI is InChI=1S/C31H35F3N4O7/c32-31(33,34)22-15-16-24-36-27(22)20-10-4-5-11-21(20)30(44,45)29(42,43)17-6-2-1-3-7-18-38(19-9-14-26(39)40)25-13-8-12-23(35-25)28(41)37-24/h4-5,8,10-13,15-16,42-45H,1-3,6-7,9,14,17-19H2,(H,39,40)(H,36,37,41). The Labute approximate surface area is 257 Å². The van der Waals surface area contributed by atoms with E-state index in [1.165, 1.54) is 18.2 Å². The van der Waals surface area contributed by atoms with Gasteiger partial charge in [0.1, 0.15) is 17.3 Å². The average Bonchev–Trinajstić information content (AvgIpc) is 2.98. The first-order chi connectivity index (χ1) is 21.2. The zero-order valence-corrected chi connectivity index (χ0v) is 24.3. The Morgan fingerprint density at radius 2 is 1.62 bits per heavy atom. The van der Waals surface area contributed by atoms with E-state index in [0.717, 1.165) is 18.2 Å². The summed E-state index contributed by atoms with van der Waals surface area (Å²) in [5.74, 6) is -8.15. The molecule has 1 aromatic carbocycles. The normalized spacial score (nSPS) is 17.6. The minimum Gasteiger partial charge on any atom is -0.481 e. The number of carbonyl (C=O) groups is 2. The Morgan fingerprint density at radius 3 is 2.36 bits per heavy atom. The van der Waals surface area contributed by atoms with Crippen molar-refractivity contribution in [1.82, 2.24) is 9.97 Å². The lowest BCUT2D eigenvalue weighted by molar-refractivity contribution is -0.368. The molecule has 1 amide bonds. The Hall–Kier alpha value is -4.11. The van der Waals surface area contributed by atoms with Crippen LogP contribution in [0.3, 0.4) is 0 Å². The molecule has 3 heterocycles. The molecule has 0 spiro atoms. The van der Waals surface area contributed by atoms with Crippen molar-refractivity contribution in [3.8, 4) is 11.3 Å². The van der Waals surface area contributed by atoms with Gasteiger partial charge in [0.25, 0.3) is 5.91 Å². The van der Waals surface area contributed by atoms with Gasteiger partial charge < -0.3 is 35.7 Å². The number of pyridine rings is 2. The van der Waals surface area contributed by atoms with Crippen LogP contribution in [-0.4, -0.2) is 66.3 Å². The molecule has 0 saturated carbocycles. The number of hydrogen-bond acceptors (Lipinski definition) is 9. The Morgan fingerprint density at radius 1 is 0.911 bits per heavy atom. The predicted octanol–water partition coefficient (Wildman–Crippen LogP) is 4.26. The van der Waals surface area contributed by atoms with Gasteiger partial charge in [0.2, 0.25) is 11.6 Å². The second-order valence-corrected chi connectivity index (χ2v) is 11.0. The number of anilines is 2. The predicted molar refractivity (Wildman–Crippen MR) is 157 cm³/mol. The molecule has 11 nitrogen and oxygen atoms in total. The van der Waals surface area contributed by atoms with Gasteiger partial charge in [-0.05, 0) is 43.5 Å². The van der Waals surface area contributed by atoms with Gasteiger partial charge in [-0.3, -0.25) is 9.59 Å². The molecular weight excluding hydrogens is 597 g/mol. The molecule has 242 valence electrons. The van der Waals surface area contributed by atoms with Crippen LogP contribution in [0.1, 0.15) is 73.0 Å². The smallest absolute Gasteiger partial charge is 0.418 e. The molecule has 4 rings (SSSR count). The van der Waals surface area contributed by atoms with E-state index in [2.05, 4.69) is 15.3 Å². The van der Waals surface area contributed by atoms with E-state index in [9.17, 15) is 43.2 Å². The van der Waals surface area contributed by atoms with Crippen LogP contribution in [0.4, 0.5) is 24.8 Å². The minimum absolute atomic E-state index is 0.0659. The molecule has 1 aliphatic heterocycles. The zero-order valence-electron chi connectivity index (χ0n) is 24.3. The number of halogens is 3. The Balaban J connectivity index is 1.79. The first-order valence-electron chi connectivity index (χ1n) is 14.5. The van der Waals surface area contributed by atoms with Gasteiger partial charge in [0.05, 0.1) is 11.3 Å². The van der Waals surface area contributed by atoms with Gasteiger partial charge in [-0.2, -0.15) is 13.2 Å². The third kappa shape index (κ3) is 8.14. The molecule has 0 atom stereocenters. The van der Waals surface area contributed by atoms with Crippen LogP contribution in [0.5, 0.6) is 0 Å². The van der Waals surface area contributed by atoms with Crippen LogP contribution in [0.25, 0.3) is 11.3 Å². The summed E-state index contributed by atoms with van der Waals surface area (Å²) in [5.41, 5.74) is -3.17. The molecule has 1 aliphatic rings. The lowest BCUT2D eigenvalue weighted by atomic mass is 9.87. The molecule has 4 bridgehead atoms. The molecule has 0 unspecified atom stereocenters. The van der Waals surface area contributed by atoms with E-state index < -0.39 is 58.4 Å². The quantitative estimate of drug-likeness (QED) is 0.228. The highest BCUT2D eigenvalue weighted by molar-refractivity contribution is 6.02. The molecule has 3 aromatic rings. The number of hydrogen-bond donors (Lipinski definition) is 6. The highest BCUT2D eigenvalue weighted by Gasteiger charge is 2.50. The fourth-order valence-corrected chi connectivity index (χ4v) is 5.22. The highest BCUT2D eigenvalue weighted by atomic mass is 19.4. The number of nitrogens with one attached hydrogen (secondary N) is 1. The summed E-state index contributed by atoms with van der Waals surface area (Å²) in [4.78, 5) is 34.6. The minimum atomic E-state index is -4.95. The number of carboxylic acid groups (broad SMARTS) is 1. The number of rotatable bonds is 4. The highest BCUT2D eigenvalue weighted by Crippen LogP contribution is 2.42. The molecule has 45 heavy (non-hydrogen) atoms. The van der Waals surface area contributed by atoms with E-state index in [1.54, 1.807) is 12.1 Å². The summed E-state index contributed by atoms with van der Waals surface area (Å²) in [7, 11) is 0. The number of aliphatic carboxylic acids is 1. The number of amides is 1. The second kappa shape index (κ2) is 13.9. The monoisotopic (exact) mass is 632 g/mol. The molecule has 0 radical (unpaired) electrons. The van der Waals surface area contributed by atoms with Crippen molar-refractivity contribution >= 4 is 23.5 Å². The van der Waals surface area contributed by atoms with Crippen molar-refractivity contribution in [1.29, 1.82) is 0 Å². The van der Waals surface area contributed by atoms with Gasteiger partial charge in [-0.1, -0.05) is 49.6 Å². The van der Waals surface area contributed by atoms with Crippen LogP contribution in [0.15, 0.2) is 54.6 Å². The fraction of sp³-hybridized carbons (Fsp3) is 0.419. The van der Waals surface area contributed by atoms with Gasteiger partial charge in [0, 0.05) is 37.1 Å². The molecule has 6 N–H and O–H groups in total. The molecule has 0 aliphatic carbocycles. The van der Waals surface area contributed by atoms with Crippen molar-refractivity contribution in [2.75, 3.05) is 23.3 Å². The summed E-state index contributed by atoms with van der Waals surface area (Å²) in [6.45, 7) is 0.832. The molecule has 0 saturated heterocycles. The average molecular weight is 633 g/mol. The number of carbonyl (C=O) groups excluding carboxylic acids is 1. The van der Waals surface area contributed by atoms with Crippen molar-refractivity contribution in [2.45, 2.75) is 69.1 Å². The van der Waals surface area contributed by atoms with Crippen molar-refractivity contribution in [2.24, 2.45) is 0 Å². The molecule has 14 heteroatoms. The third-order valence-corrected chi connectivity index (χ3v) is 7.62. The molecule has 0 fully saturated rings. The van der Waals surface area contributed by atoms with Crippen molar-refractivity contribution < 1.29 is 48.3 Å². The molecular formula is C31H35F3N4O7. The molecule has 2 aromatic heterocycles. The first kappa shape index (κ1) is 33.8. The number of benzene rings is 1. The zero-order chi connectivity index (χ0) is 32.8. The van der Waals surface area contributed by atoms with Crippen LogP contribution in [0, 0.1) is 0 Å². The van der Waals surface area contributed by atoms with Crippen LogP contribution in [0.2, 0.25) is 0 Å². The van der Waals surface area contributed by atoms with E-state index >= 15 is 0 Å². The van der Waals surface area contributed by atoms with Crippen LogP contribution < -0.4 is 10.2 Å². The maximum Gasteiger partial charge on any atom is 0.418 e. The largest absolute Gasteiger partial charge is 0.481 e. The first-order valence-corrected chi connectivity index (χ1v) is 14.5. The van der Waals surface area contributed by atoms with E-state index in [-0.39, 0.29) is 24.4 Å². The van der Waals surface area contributed by atoms with Crippen molar-refractivity contribution in [3.63, 3.8) is 0 Å². The number of aliphatic hydroxyl groups is 4. The van der Waals surface area contributed by atoms with Crippen LogP contribution >= 0.6 is 0 Å².